The van der Waals surface area contributed by atoms with Gasteiger partial charge in [-0.3, -0.25) is 9.36 Å². The zero-order valence-corrected chi connectivity index (χ0v) is 10.4. The number of aromatic nitrogens is 2. The molecule has 1 aromatic heterocycles. The van der Waals surface area contributed by atoms with Gasteiger partial charge in [0.05, 0.1) is 16.9 Å². The van der Waals surface area contributed by atoms with Crippen molar-refractivity contribution in [2.75, 3.05) is 7.05 Å². The van der Waals surface area contributed by atoms with Crippen LogP contribution in [0.15, 0.2) is 29.1 Å². The fourth-order valence-corrected chi connectivity index (χ4v) is 1.95. The average Bonchev–Trinajstić information content (AvgIpc) is 2.37. The summed E-state index contributed by atoms with van der Waals surface area (Å²) in [6.07, 6.45) is 0. The number of hydrogen-bond donors (Lipinski definition) is 1. The second kappa shape index (κ2) is 4.67. The summed E-state index contributed by atoms with van der Waals surface area (Å²) in [7, 11) is 1.87. The zero-order valence-electron chi connectivity index (χ0n) is 10.4. The second-order valence-corrected chi connectivity index (χ2v) is 4.05. The van der Waals surface area contributed by atoms with Crippen molar-refractivity contribution in [2.45, 2.75) is 26.4 Å². The molecule has 2 aromatic rings. The van der Waals surface area contributed by atoms with Crippen molar-refractivity contribution in [3.63, 3.8) is 0 Å². The Morgan fingerprint density at radius 2 is 2.12 bits per heavy atom. The molecule has 0 spiro atoms. The van der Waals surface area contributed by atoms with Crippen molar-refractivity contribution in [1.82, 2.24) is 14.9 Å². The van der Waals surface area contributed by atoms with Crippen molar-refractivity contribution in [1.29, 1.82) is 0 Å². The standard InChI is InChI=1S/C13H17N3O/c1-4-16-12(9(2)14-3)15-11-8-6-5-7-10(11)13(16)17/h5-9,14H,4H2,1-3H3/t9-/m1/s1. The first-order chi connectivity index (χ1) is 8.19. The summed E-state index contributed by atoms with van der Waals surface area (Å²) >= 11 is 0. The van der Waals surface area contributed by atoms with Crippen LogP contribution < -0.4 is 10.9 Å². The maximum absolute atomic E-state index is 12.3. The van der Waals surface area contributed by atoms with Crippen molar-refractivity contribution in [3.05, 3.63) is 40.4 Å². The molecule has 1 atom stereocenters. The van der Waals surface area contributed by atoms with Crippen LogP contribution in [0.2, 0.25) is 0 Å². The molecule has 0 fully saturated rings. The third-order valence-electron chi connectivity index (χ3n) is 3.03. The van der Waals surface area contributed by atoms with E-state index in [1.54, 1.807) is 4.57 Å². The molecule has 1 N–H and O–H groups in total. The fourth-order valence-electron chi connectivity index (χ4n) is 1.95. The van der Waals surface area contributed by atoms with E-state index in [2.05, 4.69) is 10.3 Å². The molecule has 0 unspecified atom stereocenters. The Hall–Kier alpha value is -1.68. The summed E-state index contributed by atoms with van der Waals surface area (Å²) in [5.41, 5.74) is 0.800. The van der Waals surface area contributed by atoms with E-state index in [0.717, 1.165) is 11.3 Å². The number of rotatable bonds is 3. The predicted octanol–water partition coefficient (Wildman–Crippen LogP) is 1.70. The molecule has 0 saturated heterocycles. The van der Waals surface area contributed by atoms with Crippen LogP contribution in [0.5, 0.6) is 0 Å². The van der Waals surface area contributed by atoms with Gasteiger partial charge in [0.1, 0.15) is 5.82 Å². The summed E-state index contributed by atoms with van der Waals surface area (Å²) in [6, 6.07) is 7.53. The molecule has 17 heavy (non-hydrogen) atoms. The van der Waals surface area contributed by atoms with Gasteiger partial charge in [-0.25, -0.2) is 4.98 Å². The van der Waals surface area contributed by atoms with E-state index < -0.39 is 0 Å². The summed E-state index contributed by atoms with van der Waals surface area (Å²) in [4.78, 5) is 16.9. The van der Waals surface area contributed by atoms with E-state index in [1.165, 1.54) is 0 Å². The smallest absolute Gasteiger partial charge is 0.261 e. The van der Waals surface area contributed by atoms with Gasteiger partial charge in [-0.2, -0.15) is 0 Å². The Kier molecular flexibility index (Phi) is 3.24. The van der Waals surface area contributed by atoms with E-state index in [-0.39, 0.29) is 11.6 Å². The Balaban J connectivity index is 2.80. The molecule has 0 aliphatic carbocycles. The Labute approximate surface area is 100 Å². The van der Waals surface area contributed by atoms with Crippen LogP contribution in [0.25, 0.3) is 10.9 Å². The quantitative estimate of drug-likeness (QED) is 0.874. The van der Waals surface area contributed by atoms with Crippen LogP contribution in [0, 0.1) is 0 Å². The number of nitrogens with zero attached hydrogens (tertiary/aromatic N) is 2. The van der Waals surface area contributed by atoms with Gasteiger partial charge < -0.3 is 5.32 Å². The van der Waals surface area contributed by atoms with Crippen LogP contribution in [-0.4, -0.2) is 16.6 Å². The van der Waals surface area contributed by atoms with Gasteiger partial charge in [-0.15, -0.1) is 0 Å². The van der Waals surface area contributed by atoms with Crippen molar-refractivity contribution in [2.24, 2.45) is 0 Å². The van der Waals surface area contributed by atoms with Gasteiger partial charge in [0.2, 0.25) is 0 Å². The normalized spacial score (nSPS) is 12.9. The number of hydrogen-bond acceptors (Lipinski definition) is 3. The highest BCUT2D eigenvalue weighted by atomic mass is 16.1. The fraction of sp³-hybridized carbons (Fsp3) is 0.385. The molecule has 4 nitrogen and oxygen atoms in total. The molecule has 2 rings (SSSR count). The van der Waals surface area contributed by atoms with E-state index in [4.69, 9.17) is 0 Å². The molecule has 1 aromatic carbocycles. The lowest BCUT2D eigenvalue weighted by Crippen LogP contribution is -2.29. The SMILES string of the molecule is CCn1c([C@@H](C)NC)nc2ccccc2c1=O. The monoisotopic (exact) mass is 231 g/mol. The van der Waals surface area contributed by atoms with Crippen LogP contribution in [0.4, 0.5) is 0 Å². The molecule has 0 aliphatic rings. The number of nitrogens with one attached hydrogen (secondary N) is 1. The Morgan fingerprint density at radius 1 is 1.41 bits per heavy atom. The topological polar surface area (TPSA) is 46.9 Å². The summed E-state index contributed by atoms with van der Waals surface area (Å²) in [6.45, 7) is 4.60. The largest absolute Gasteiger partial charge is 0.311 e. The van der Waals surface area contributed by atoms with Crippen molar-refractivity contribution in [3.8, 4) is 0 Å². The minimum atomic E-state index is 0.0372. The lowest BCUT2D eigenvalue weighted by Gasteiger charge is -2.16. The minimum Gasteiger partial charge on any atom is -0.311 e. The molecule has 4 heteroatoms. The van der Waals surface area contributed by atoms with Crippen LogP contribution in [0.3, 0.4) is 0 Å². The summed E-state index contributed by atoms with van der Waals surface area (Å²) in [5, 5.41) is 3.81. The number of para-hydroxylation sites is 1. The Bertz CT molecular complexity index is 589. The lowest BCUT2D eigenvalue weighted by atomic mass is 10.2. The van der Waals surface area contributed by atoms with Gasteiger partial charge in [-0.05, 0) is 33.0 Å². The summed E-state index contributed by atoms with van der Waals surface area (Å²) in [5.74, 6) is 0.790. The first-order valence-corrected chi connectivity index (χ1v) is 5.85. The first kappa shape index (κ1) is 11.8. The van der Waals surface area contributed by atoms with Gasteiger partial charge in [-0.1, -0.05) is 12.1 Å². The molecule has 0 radical (unpaired) electrons. The molecule has 0 amide bonds. The third-order valence-corrected chi connectivity index (χ3v) is 3.03. The second-order valence-electron chi connectivity index (χ2n) is 4.05. The third kappa shape index (κ3) is 1.96. The van der Waals surface area contributed by atoms with Crippen molar-refractivity contribution < 1.29 is 0 Å². The lowest BCUT2D eigenvalue weighted by molar-refractivity contribution is 0.544. The van der Waals surface area contributed by atoms with Gasteiger partial charge in [0, 0.05) is 6.54 Å². The molecule has 1 heterocycles. The van der Waals surface area contributed by atoms with Crippen LogP contribution in [0.1, 0.15) is 25.7 Å². The minimum absolute atomic E-state index is 0.0372. The maximum Gasteiger partial charge on any atom is 0.261 e. The molecule has 0 aliphatic heterocycles. The predicted molar refractivity (Wildman–Crippen MR) is 69.2 cm³/mol. The molecule has 0 saturated carbocycles. The van der Waals surface area contributed by atoms with Gasteiger partial charge in [0.15, 0.2) is 0 Å². The van der Waals surface area contributed by atoms with Crippen LogP contribution >= 0.6 is 0 Å². The van der Waals surface area contributed by atoms with E-state index >= 15 is 0 Å². The summed E-state index contributed by atoms with van der Waals surface area (Å²) < 4.78 is 1.73. The first-order valence-electron chi connectivity index (χ1n) is 5.85. The Morgan fingerprint density at radius 3 is 2.76 bits per heavy atom. The van der Waals surface area contributed by atoms with E-state index in [0.29, 0.717) is 11.9 Å². The maximum atomic E-state index is 12.3. The van der Waals surface area contributed by atoms with E-state index in [1.807, 2.05) is 45.2 Å². The zero-order chi connectivity index (χ0) is 12.4. The van der Waals surface area contributed by atoms with Gasteiger partial charge in [0.25, 0.3) is 5.56 Å². The highest BCUT2D eigenvalue weighted by molar-refractivity contribution is 5.77. The molecule has 0 bridgehead atoms. The number of fused-ring (bicyclic) bond motifs is 1. The highest BCUT2D eigenvalue weighted by Gasteiger charge is 2.13. The van der Waals surface area contributed by atoms with E-state index in [9.17, 15) is 4.79 Å². The van der Waals surface area contributed by atoms with Crippen molar-refractivity contribution >= 4 is 10.9 Å². The number of benzene rings is 1. The average molecular weight is 231 g/mol. The molecular weight excluding hydrogens is 214 g/mol. The highest BCUT2D eigenvalue weighted by Crippen LogP contribution is 2.12. The molecule has 90 valence electrons. The van der Waals surface area contributed by atoms with Gasteiger partial charge >= 0.3 is 0 Å². The van der Waals surface area contributed by atoms with Crippen LogP contribution in [-0.2, 0) is 6.54 Å². The molecular formula is C13H17N3O.